The molecule has 25 heavy (non-hydrogen) atoms. The normalized spacial score (nSPS) is 16.2. The first kappa shape index (κ1) is 17.5. The Hall–Kier alpha value is -2.27. The number of carbonyl (C=O) groups is 2. The number of hydrogen-bond donors (Lipinski definition) is 1. The molecule has 2 aromatic carbocycles. The van der Waals surface area contributed by atoms with Gasteiger partial charge in [0, 0.05) is 35.2 Å². The summed E-state index contributed by atoms with van der Waals surface area (Å²) in [4.78, 5) is 27.7. The molecule has 0 aromatic heterocycles. The lowest BCUT2D eigenvalue weighted by atomic mass is 10.2. The van der Waals surface area contributed by atoms with E-state index in [-0.39, 0.29) is 24.7 Å². The molecule has 130 valence electrons. The van der Waals surface area contributed by atoms with E-state index in [2.05, 4.69) is 12.2 Å². The molecule has 0 fully saturated rings. The molecule has 0 spiro atoms. The maximum absolute atomic E-state index is 12.6. The highest BCUT2D eigenvalue weighted by Crippen LogP contribution is 2.38. The summed E-state index contributed by atoms with van der Waals surface area (Å²) in [5.41, 5.74) is 2.86. The van der Waals surface area contributed by atoms with Crippen LogP contribution in [-0.2, 0) is 9.59 Å². The number of aryl methyl sites for hydroxylation is 1. The molecule has 0 saturated heterocycles. The summed E-state index contributed by atoms with van der Waals surface area (Å²) in [7, 11) is 0. The first-order chi connectivity index (χ1) is 12.0. The van der Waals surface area contributed by atoms with Crippen LogP contribution in [0.3, 0.4) is 0 Å². The van der Waals surface area contributed by atoms with E-state index in [0.29, 0.717) is 11.8 Å². The van der Waals surface area contributed by atoms with Gasteiger partial charge < -0.3 is 10.2 Å². The second-order valence-electron chi connectivity index (χ2n) is 6.31. The molecule has 1 unspecified atom stereocenters. The van der Waals surface area contributed by atoms with Gasteiger partial charge in [0.05, 0.1) is 5.69 Å². The molecule has 1 aliphatic rings. The summed E-state index contributed by atoms with van der Waals surface area (Å²) in [5.74, 6) is -0.136. The van der Waals surface area contributed by atoms with Crippen molar-refractivity contribution in [1.29, 1.82) is 0 Å². The number of nitrogens with one attached hydrogen (secondary N) is 1. The number of carbonyl (C=O) groups excluding carboxylic acids is 2. The fourth-order valence-corrected chi connectivity index (χ4v) is 3.95. The van der Waals surface area contributed by atoms with Crippen LogP contribution < -0.4 is 10.2 Å². The molecular formula is C20H22N2O2S. The molecule has 3 rings (SSSR count). The van der Waals surface area contributed by atoms with Crippen LogP contribution >= 0.6 is 11.8 Å². The molecule has 2 aromatic rings. The number of hydrogen-bond acceptors (Lipinski definition) is 3. The smallest absolute Gasteiger partial charge is 0.227 e. The number of para-hydroxylation sites is 1. The van der Waals surface area contributed by atoms with Gasteiger partial charge in [-0.15, -0.1) is 11.8 Å². The van der Waals surface area contributed by atoms with Crippen molar-refractivity contribution in [1.82, 2.24) is 0 Å². The van der Waals surface area contributed by atoms with E-state index in [9.17, 15) is 9.59 Å². The van der Waals surface area contributed by atoms with Gasteiger partial charge in [0.15, 0.2) is 0 Å². The zero-order valence-corrected chi connectivity index (χ0v) is 15.3. The van der Waals surface area contributed by atoms with Gasteiger partial charge in [-0.3, -0.25) is 9.59 Å². The van der Waals surface area contributed by atoms with Crippen LogP contribution in [0.25, 0.3) is 0 Å². The molecule has 0 radical (unpaired) electrons. The topological polar surface area (TPSA) is 49.4 Å². The van der Waals surface area contributed by atoms with Gasteiger partial charge in [-0.05, 0) is 31.2 Å². The van der Waals surface area contributed by atoms with Crippen LogP contribution in [0.1, 0.15) is 25.3 Å². The highest BCUT2D eigenvalue weighted by atomic mass is 32.2. The van der Waals surface area contributed by atoms with Gasteiger partial charge in [0.2, 0.25) is 11.8 Å². The van der Waals surface area contributed by atoms with Crippen molar-refractivity contribution in [2.24, 2.45) is 0 Å². The molecular weight excluding hydrogens is 332 g/mol. The number of fused-ring (bicyclic) bond motifs is 1. The van der Waals surface area contributed by atoms with Crippen molar-refractivity contribution in [3.63, 3.8) is 0 Å². The first-order valence-corrected chi connectivity index (χ1v) is 9.33. The van der Waals surface area contributed by atoms with Gasteiger partial charge >= 0.3 is 0 Å². The van der Waals surface area contributed by atoms with E-state index in [0.717, 1.165) is 21.8 Å². The summed E-state index contributed by atoms with van der Waals surface area (Å²) >= 11 is 1.79. The minimum atomic E-state index is -0.134. The number of nitrogens with zero attached hydrogens (tertiary/aromatic N) is 1. The lowest BCUT2D eigenvalue weighted by molar-refractivity contribution is -0.122. The zero-order valence-electron chi connectivity index (χ0n) is 14.5. The fourth-order valence-electron chi connectivity index (χ4n) is 2.84. The molecule has 5 heteroatoms. The van der Waals surface area contributed by atoms with Crippen LogP contribution in [0, 0.1) is 6.92 Å². The predicted molar refractivity (Wildman–Crippen MR) is 103 cm³/mol. The number of amides is 2. The van der Waals surface area contributed by atoms with Crippen LogP contribution in [0.5, 0.6) is 0 Å². The minimum absolute atomic E-state index is 0.00124. The molecule has 2 amide bonds. The Labute approximate surface area is 152 Å². The molecule has 1 atom stereocenters. The minimum Gasteiger partial charge on any atom is -0.326 e. The van der Waals surface area contributed by atoms with Gasteiger partial charge in [0.1, 0.15) is 0 Å². The predicted octanol–water partition coefficient (Wildman–Crippen LogP) is 4.24. The zero-order chi connectivity index (χ0) is 17.8. The maximum Gasteiger partial charge on any atom is 0.227 e. The summed E-state index contributed by atoms with van der Waals surface area (Å²) in [6.07, 6.45) is 0.399. The molecule has 0 saturated carbocycles. The van der Waals surface area contributed by atoms with Crippen LogP contribution in [0.2, 0.25) is 0 Å². The van der Waals surface area contributed by atoms with Crippen LogP contribution in [-0.4, -0.2) is 23.6 Å². The Balaban J connectivity index is 1.59. The molecule has 0 bridgehead atoms. The lowest BCUT2D eigenvalue weighted by Crippen LogP contribution is -2.38. The summed E-state index contributed by atoms with van der Waals surface area (Å²) in [6, 6.07) is 15.6. The van der Waals surface area contributed by atoms with E-state index in [1.165, 1.54) is 0 Å². The average molecular weight is 354 g/mol. The third kappa shape index (κ3) is 4.42. The lowest BCUT2D eigenvalue weighted by Gasteiger charge is -2.32. The van der Waals surface area contributed by atoms with Crippen molar-refractivity contribution in [2.75, 3.05) is 16.8 Å². The Kier molecular flexibility index (Phi) is 5.43. The molecule has 1 N–H and O–H groups in total. The molecule has 1 heterocycles. The van der Waals surface area contributed by atoms with E-state index in [1.807, 2.05) is 60.4 Å². The summed E-state index contributed by atoms with van der Waals surface area (Å²) in [5, 5.41) is 3.19. The van der Waals surface area contributed by atoms with Gasteiger partial charge in [-0.2, -0.15) is 0 Å². The van der Waals surface area contributed by atoms with Crippen molar-refractivity contribution in [3.8, 4) is 0 Å². The van der Waals surface area contributed by atoms with E-state index in [1.54, 1.807) is 11.8 Å². The van der Waals surface area contributed by atoms with Crippen LogP contribution in [0.4, 0.5) is 11.4 Å². The van der Waals surface area contributed by atoms with Crippen molar-refractivity contribution < 1.29 is 9.59 Å². The highest BCUT2D eigenvalue weighted by Gasteiger charge is 2.26. The van der Waals surface area contributed by atoms with E-state index < -0.39 is 0 Å². The third-order valence-electron chi connectivity index (χ3n) is 4.13. The molecule has 4 nitrogen and oxygen atoms in total. The Morgan fingerprint density at radius 2 is 1.84 bits per heavy atom. The monoisotopic (exact) mass is 354 g/mol. The Bertz CT molecular complexity index is 774. The third-order valence-corrected chi connectivity index (χ3v) is 5.28. The second kappa shape index (κ2) is 7.74. The van der Waals surface area contributed by atoms with Crippen molar-refractivity contribution in [2.45, 2.75) is 36.8 Å². The Morgan fingerprint density at radius 3 is 2.60 bits per heavy atom. The largest absolute Gasteiger partial charge is 0.326 e. The van der Waals surface area contributed by atoms with E-state index >= 15 is 0 Å². The van der Waals surface area contributed by atoms with Crippen molar-refractivity contribution >= 4 is 35.0 Å². The Morgan fingerprint density at radius 1 is 1.12 bits per heavy atom. The summed E-state index contributed by atoms with van der Waals surface area (Å²) < 4.78 is 0. The quantitative estimate of drug-likeness (QED) is 0.893. The average Bonchev–Trinajstić information content (AvgIpc) is 2.61. The van der Waals surface area contributed by atoms with Gasteiger partial charge in [0.25, 0.3) is 0 Å². The van der Waals surface area contributed by atoms with E-state index in [4.69, 9.17) is 0 Å². The highest BCUT2D eigenvalue weighted by molar-refractivity contribution is 8.00. The summed E-state index contributed by atoms with van der Waals surface area (Å²) in [6.45, 7) is 4.80. The van der Waals surface area contributed by atoms with Gasteiger partial charge in [-0.1, -0.05) is 36.8 Å². The number of anilines is 2. The molecule has 1 aliphatic heterocycles. The van der Waals surface area contributed by atoms with Crippen molar-refractivity contribution in [3.05, 3.63) is 54.1 Å². The number of thioether (sulfide) groups is 1. The standard InChI is InChI=1S/C20H22N2O2S/c1-14-7-9-16(10-8-14)21-19(23)11-12-20(24)22-13-15(2)25-18-6-4-3-5-17(18)22/h3-10,15H,11-13H2,1-2H3,(H,21,23). The number of rotatable bonds is 4. The second-order valence-corrected chi connectivity index (χ2v) is 7.80. The first-order valence-electron chi connectivity index (χ1n) is 8.45. The van der Waals surface area contributed by atoms with Gasteiger partial charge in [-0.25, -0.2) is 0 Å². The fraction of sp³-hybridized carbons (Fsp3) is 0.300. The SMILES string of the molecule is Cc1ccc(NC(=O)CCC(=O)N2CC(C)Sc3ccccc32)cc1. The maximum atomic E-state index is 12.6. The molecule has 0 aliphatic carbocycles. The van der Waals surface area contributed by atoms with Crippen LogP contribution in [0.15, 0.2) is 53.4 Å². The number of benzene rings is 2.